The summed E-state index contributed by atoms with van der Waals surface area (Å²) in [5, 5.41) is 0. The van der Waals surface area contributed by atoms with Crippen LogP contribution in [0.15, 0.2) is 12.3 Å². The van der Waals surface area contributed by atoms with Gasteiger partial charge in [-0.15, -0.1) is 0 Å². The molecule has 0 saturated carbocycles. The monoisotopic (exact) mass is 275 g/mol. The van der Waals surface area contributed by atoms with E-state index in [2.05, 4.69) is 53.5 Å². The van der Waals surface area contributed by atoms with E-state index in [-0.39, 0.29) is 18.3 Å². The fourth-order valence-electron chi connectivity index (χ4n) is 2.48. The molecule has 1 aliphatic heterocycles. The highest BCUT2D eigenvalue weighted by atomic mass is 16.7. The molecule has 2 heterocycles. The van der Waals surface area contributed by atoms with Crippen LogP contribution in [0.2, 0.25) is 0 Å². The molecule has 1 aliphatic rings. The highest BCUT2D eigenvalue weighted by Gasteiger charge is 2.52. The summed E-state index contributed by atoms with van der Waals surface area (Å²) in [6.45, 7) is 14.8. The third kappa shape index (κ3) is 2.51. The Morgan fingerprint density at radius 1 is 1.20 bits per heavy atom. The van der Waals surface area contributed by atoms with Gasteiger partial charge in [0, 0.05) is 11.9 Å². The van der Waals surface area contributed by atoms with Gasteiger partial charge in [-0.25, -0.2) is 0 Å². The van der Waals surface area contributed by atoms with E-state index in [1.165, 1.54) is 5.56 Å². The topological polar surface area (TPSA) is 31.4 Å². The van der Waals surface area contributed by atoms with Crippen molar-refractivity contribution in [1.29, 1.82) is 0 Å². The molecule has 0 amide bonds. The molecule has 1 aromatic rings. The van der Waals surface area contributed by atoms with Gasteiger partial charge in [-0.1, -0.05) is 13.8 Å². The predicted octanol–water partition coefficient (Wildman–Crippen LogP) is 3.20. The molecule has 20 heavy (non-hydrogen) atoms. The van der Waals surface area contributed by atoms with Gasteiger partial charge < -0.3 is 9.31 Å². The Morgan fingerprint density at radius 3 is 2.25 bits per heavy atom. The summed E-state index contributed by atoms with van der Waals surface area (Å²) in [4.78, 5) is 4.54. The minimum Gasteiger partial charge on any atom is -0.399 e. The quantitative estimate of drug-likeness (QED) is 0.794. The predicted molar refractivity (Wildman–Crippen MR) is 83.4 cm³/mol. The van der Waals surface area contributed by atoms with Crippen molar-refractivity contribution in [3.63, 3.8) is 0 Å². The number of hydrogen-bond donors (Lipinski definition) is 0. The molecule has 0 radical (unpaired) electrons. The summed E-state index contributed by atoms with van der Waals surface area (Å²) in [6.07, 6.45) is 2.95. The summed E-state index contributed by atoms with van der Waals surface area (Å²) < 4.78 is 12.3. The molecule has 110 valence electrons. The number of rotatable bonds is 3. The first-order valence-corrected chi connectivity index (χ1v) is 7.50. The van der Waals surface area contributed by atoms with Crippen molar-refractivity contribution in [3.05, 3.63) is 23.5 Å². The number of nitrogens with zero attached hydrogens (tertiary/aromatic N) is 1. The van der Waals surface area contributed by atoms with Gasteiger partial charge in [-0.05, 0) is 64.1 Å². The summed E-state index contributed by atoms with van der Waals surface area (Å²) >= 11 is 0. The van der Waals surface area contributed by atoms with Crippen molar-refractivity contribution in [3.8, 4) is 0 Å². The van der Waals surface area contributed by atoms with Crippen molar-refractivity contribution in [2.75, 3.05) is 0 Å². The number of aromatic nitrogens is 1. The second kappa shape index (κ2) is 5.16. The summed E-state index contributed by atoms with van der Waals surface area (Å²) in [6, 6.07) is 2.02. The van der Waals surface area contributed by atoms with Crippen LogP contribution in [0.1, 0.15) is 65.1 Å². The van der Waals surface area contributed by atoms with E-state index >= 15 is 0 Å². The average molecular weight is 275 g/mol. The Morgan fingerprint density at radius 2 is 1.75 bits per heavy atom. The van der Waals surface area contributed by atoms with Crippen LogP contribution in [0.4, 0.5) is 0 Å². The zero-order valence-electron chi connectivity index (χ0n) is 13.8. The largest absolute Gasteiger partial charge is 0.495 e. The molecule has 4 heteroatoms. The molecule has 1 fully saturated rings. The second-order valence-corrected chi connectivity index (χ2v) is 6.81. The molecule has 1 aromatic heterocycles. The van der Waals surface area contributed by atoms with E-state index in [1.807, 2.05) is 12.3 Å². The molecule has 1 unspecified atom stereocenters. The molecule has 1 atom stereocenters. The standard InChI is InChI=1S/C16H26BNO2/c1-8-11(2)14-12(3)13(9-10-18-14)17-19-15(4,5)16(6,7)20-17/h9-11H,8H2,1-7H3. The van der Waals surface area contributed by atoms with E-state index in [4.69, 9.17) is 9.31 Å². The van der Waals surface area contributed by atoms with Crippen LogP contribution >= 0.6 is 0 Å². The second-order valence-electron chi connectivity index (χ2n) is 6.81. The van der Waals surface area contributed by atoms with E-state index < -0.39 is 0 Å². The zero-order chi connectivity index (χ0) is 15.1. The molecular formula is C16H26BNO2. The lowest BCUT2D eigenvalue weighted by molar-refractivity contribution is 0.00578. The lowest BCUT2D eigenvalue weighted by Crippen LogP contribution is -2.41. The van der Waals surface area contributed by atoms with E-state index in [9.17, 15) is 0 Å². The molecule has 0 aromatic carbocycles. The van der Waals surface area contributed by atoms with Gasteiger partial charge in [-0.2, -0.15) is 0 Å². The number of pyridine rings is 1. The van der Waals surface area contributed by atoms with E-state index in [1.54, 1.807) is 0 Å². The van der Waals surface area contributed by atoms with Gasteiger partial charge >= 0.3 is 7.12 Å². The lowest BCUT2D eigenvalue weighted by Gasteiger charge is -2.32. The first kappa shape index (κ1) is 15.5. The molecule has 2 rings (SSSR count). The highest BCUT2D eigenvalue weighted by Crippen LogP contribution is 2.36. The third-order valence-corrected chi connectivity index (χ3v) is 4.87. The Bertz CT molecular complexity index is 483. The summed E-state index contributed by atoms with van der Waals surface area (Å²) in [7, 11) is -0.300. The van der Waals surface area contributed by atoms with Crippen LogP contribution in [-0.2, 0) is 9.31 Å². The van der Waals surface area contributed by atoms with Crippen LogP contribution < -0.4 is 5.46 Å². The maximum atomic E-state index is 6.15. The highest BCUT2D eigenvalue weighted by molar-refractivity contribution is 6.62. The van der Waals surface area contributed by atoms with Gasteiger partial charge in [0.15, 0.2) is 0 Å². The molecule has 0 spiro atoms. The molecule has 1 saturated heterocycles. The van der Waals surface area contributed by atoms with Crippen LogP contribution in [0.5, 0.6) is 0 Å². The van der Waals surface area contributed by atoms with Crippen molar-refractivity contribution < 1.29 is 9.31 Å². The lowest BCUT2D eigenvalue weighted by atomic mass is 9.75. The SMILES string of the molecule is CCC(C)c1nccc(B2OC(C)(C)C(C)(C)O2)c1C. The molecular weight excluding hydrogens is 249 g/mol. The minimum absolute atomic E-state index is 0.300. The van der Waals surface area contributed by atoms with Gasteiger partial charge in [0.25, 0.3) is 0 Å². The van der Waals surface area contributed by atoms with E-state index in [0.717, 1.165) is 17.6 Å². The van der Waals surface area contributed by atoms with Crippen LogP contribution in [0, 0.1) is 6.92 Å². The van der Waals surface area contributed by atoms with Crippen molar-refractivity contribution in [2.45, 2.75) is 72.0 Å². The first-order chi connectivity index (χ1) is 9.19. The smallest absolute Gasteiger partial charge is 0.399 e. The Balaban J connectivity index is 2.36. The Labute approximate surface area is 123 Å². The summed E-state index contributed by atoms with van der Waals surface area (Å²) in [5.41, 5.74) is 2.85. The first-order valence-electron chi connectivity index (χ1n) is 7.50. The minimum atomic E-state index is -0.302. The Hall–Kier alpha value is -0.865. The maximum Gasteiger partial charge on any atom is 0.495 e. The van der Waals surface area contributed by atoms with Crippen molar-refractivity contribution in [2.24, 2.45) is 0 Å². The zero-order valence-corrected chi connectivity index (χ0v) is 13.8. The molecule has 0 N–H and O–H groups in total. The molecule has 0 bridgehead atoms. The van der Waals surface area contributed by atoms with Crippen LogP contribution in [0.25, 0.3) is 0 Å². The van der Waals surface area contributed by atoms with Crippen molar-refractivity contribution in [1.82, 2.24) is 4.98 Å². The van der Waals surface area contributed by atoms with Crippen molar-refractivity contribution >= 4 is 12.6 Å². The Kier molecular flexibility index (Phi) is 4.00. The van der Waals surface area contributed by atoms with Gasteiger partial charge in [0.2, 0.25) is 0 Å². The third-order valence-electron chi connectivity index (χ3n) is 4.87. The molecule has 3 nitrogen and oxygen atoms in total. The maximum absolute atomic E-state index is 6.15. The normalized spacial score (nSPS) is 22.1. The fourth-order valence-corrected chi connectivity index (χ4v) is 2.48. The fraction of sp³-hybridized carbons (Fsp3) is 0.688. The van der Waals surface area contributed by atoms with Gasteiger partial charge in [-0.3, -0.25) is 4.98 Å². The van der Waals surface area contributed by atoms with Gasteiger partial charge in [0.1, 0.15) is 0 Å². The van der Waals surface area contributed by atoms with Gasteiger partial charge in [0.05, 0.1) is 11.2 Å². The van der Waals surface area contributed by atoms with E-state index in [0.29, 0.717) is 5.92 Å². The average Bonchev–Trinajstić information content (AvgIpc) is 2.57. The number of hydrogen-bond acceptors (Lipinski definition) is 3. The molecule has 0 aliphatic carbocycles. The van der Waals surface area contributed by atoms with Crippen LogP contribution in [0.3, 0.4) is 0 Å². The summed E-state index contributed by atoms with van der Waals surface area (Å²) in [5.74, 6) is 0.456. The van der Waals surface area contributed by atoms with Crippen LogP contribution in [-0.4, -0.2) is 23.3 Å².